The van der Waals surface area contributed by atoms with Crippen LogP contribution in [0.25, 0.3) is 11.1 Å². The van der Waals surface area contributed by atoms with Crippen molar-refractivity contribution >= 4 is 16.8 Å². The molecule has 3 aromatic rings. The first-order valence-electron chi connectivity index (χ1n) is 7.18. The van der Waals surface area contributed by atoms with E-state index in [1.54, 1.807) is 12.3 Å². The number of oxazole rings is 2. The summed E-state index contributed by atoms with van der Waals surface area (Å²) in [7, 11) is 0. The molecule has 0 aliphatic heterocycles. The summed E-state index contributed by atoms with van der Waals surface area (Å²) in [4.78, 5) is 18.1. The number of rotatable bonds is 3. The first kappa shape index (κ1) is 14.4. The minimum Gasteiger partial charge on any atom is -0.443 e. The second-order valence-electron chi connectivity index (χ2n) is 6.40. The predicted octanol–water partition coefficient (Wildman–Crippen LogP) is 3.58. The lowest BCUT2D eigenvalue weighted by molar-refractivity contribution is 0.374. The van der Waals surface area contributed by atoms with Crippen LogP contribution in [0, 0.1) is 0 Å². The number of hydrogen-bond donors (Lipinski definition) is 2. The molecule has 0 aliphatic carbocycles. The molecule has 2 aromatic heterocycles. The average molecular weight is 301 g/mol. The average Bonchev–Trinajstić information content (AvgIpc) is 3.02. The van der Waals surface area contributed by atoms with E-state index < -0.39 is 5.76 Å². The molecule has 0 amide bonds. The summed E-state index contributed by atoms with van der Waals surface area (Å²) in [6.07, 6.45) is 1.77. The summed E-state index contributed by atoms with van der Waals surface area (Å²) in [5.41, 5.74) is 1.98. The Bertz CT molecular complexity index is 851. The normalized spacial score (nSPS) is 13.5. The Morgan fingerprint density at radius 1 is 1.27 bits per heavy atom. The number of H-pyrrole nitrogens is 1. The molecule has 116 valence electrons. The van der Waals surface area contributed by atoms with Gasteiger partial charge >= 0.3 is 5.76 Å². The number of nitrogens with zero attached hydrogens (tertiary/aromatic N) is 1. The second kappa shape index (κ2) is 5.05. The molecule has 3 rings (SSSR count). The van der Waals surface area contributed by atoms with E-state index in [9.17, 15) is 4.79 Å². The minimum absolute atomic E-state index is 0.0693. The van der Waals surface area contributed by atoms with E-state index in [0.29, 0.717) is 17.0 Å². The first-order valence-corrected chi connectivity index (χ1v) is 7.18. The van der Waals surface area contributed by atoms with Gasteiger partial charge in [-0.05, 0) is 25.1 Å². The van der Waals surface area contributed by atoms with Gasteiger partial charge in [0, 0.05) is 11.1 Å². The molecule has 0 spiro atoms. The number of benzene rings is 1. The summed E-state index contributed by atoms with van der Waals surface area (Å²) in [5, 5.41) is 3.30. The maximum Gasteiger partial charge on any atom is 0.417 e. The largest absolute Gasteiger partial charge is 0.443 e. The highest BCUT2D eigenvalue weighted by molar-refractivity contribution is 5.76. The molecule has 0 unspecified atom stereocenters. The summed E-state index contributed by atoms with van der Waals surface area (Å²) in [6.45, 7) is 8.22. The van der Waals surface area contributed by atoms with Crippen LogP contribution < -0.4 is 11.1 Å². The van der Waals surface area contributed by atoms with Gasteiger partial charge in [-0.3, -0.25) is 4.98 Å². The Kier molecular flexibility index (Phi) is 3.31. The monoisotopic (exact) mass is 301 g/mol. The van der Waals surface area contributed by atoms with Crippen molar-refractivity contribution in [2.45, 2.75) is 39.2 Å². The molecule has 1 aromatic carbocycles. The van der Waals surface area contributed by atoms with Crippen LogP contribution >= 0.6 is 0 Å². The van der Waals surface area contributed by atoms with Crippen LogP contribution in [-0.2, 0) is 5.41 Å². The maximum absolute atomic E-state index is 11.2. The van der Waals surface area contributed by atoms with E-state index in [0.717, 1.165) is 11.4 Å². The highest BCUT2D eigenvalue weighted by atomic mass is 16.4. The van der Waals surface area contributed by atoms with Gasteiger partial charge in [-0.15, -0.1) is 0 Å². The standard InChI is InChI=1S/C16H19N3O3/c1-9(14-17-8-13(22-14)16(2,3)4)18-10-5-6-12-11(7-10)19-15(20)21-12/h5-9,18H,1-4H3,(H,19,20)/t9-/m1/s1. The lowest BCUT2D eigenvalue weighted by atomic mass is 9.94. The fourth-order valence-corrected chi connectivity index (χ4v) is 2.19. The number of anilines is 1. The summed E-state index contributed by atoms with van der Waals surface area (Å²) in [6, 6.07) is 5.33. The van der Waals surface area contributed by atoms with Crippen LogP contribution in [0.2, 0.25) is 0 Å². The van der Waals surface area contributed by atoms with Gasteiger partial charge in [0.25, 0.3) is 0 Å². The van der Waals surface area contributed by atoms with E-state index in [4.69, 9.17) is 8.83 Å². The predicted molar refractivity (Wildman–Crippen MR) is 84.1 cm³/mol. The zero-order chi connectivity index (χ0) is 15.9. The molecule has 1 atom stereocenters. The zero-order valence-electron chi connectivity index (χ0n) is 13.1. The van der Waals surface area contributed by atoms with Crippen molar-refractivity contribution in [3.63, 3.8) is 0 Å². The van der Waals surface area contributed by atoms with Crippen LogP contribution in [0.15, 0.2) is 38.0 Å². The quantitative estimate of drug-likeness (QED) is 0.772. The van der Waals surface area contributed by atoms with Crippen molar-refractivity contribution < 1.29 is 8.83 Å². The van der Waals surface area contributed by atoms with Crippen molar-refractivity contribution in [3.05, 3.63) is 46.6 Å². The van der Waals surface area contributed by atoms with Crippen LogP contribution in [-0.4, -0.2) is 9.97 Å². The number of nitrogens with one attached hydrogen (secondary N) is 2. The van der Waals surface area contributed by atoms with Gasteiger partial charge in [-0.2, -0.15) is 0 Å². The van der Waals surface area contributed by atoms with Crippen LogP contribution in [0.3, 0.4) is 0 Å². The van der Waals surface area contributed by atoms with Crippen molar-refractivity contribution in [1.29, 1.82) is 0 Å². The molecule has 0 saturated carbocycles. The lowest BCUT2D eigenvalue weighted by Crippen LogP contribution is -2.10. The van der Waals surface area contributed by atoms with Crippen molar-refractivity contribution in [3.8, 4) is 0 Å². The van der Waals surface area contributed by atoms with Gasteiger partial charge in [-0.1, -0.05) is 20.8 Å². The van der Waals surface area contributed by atoms with Crippen molar-refractivity contribution in [2.75, 3.05) is 5.32 Å². The molecule has 0 aliphatic rings. The molecule has 6 heteroatoms. The van der Waals surface area contributed by atoms with Crippen molar-refractivity contribution in [2.24, 2.45) is 0 Å². The van der Waals surface area contributed by atoms with E-state index in [1.807, 2.05) is 19.1 Å². The van der Waals surface area contributed by atoms with Crippen LogP contribution in [0.5, 0.6) is 0 Å². The third-order valence-corrected chi connectivity index (χ3v) is 3.44. The molecule has 6 nitrogen and oxygen atoms in total. The Morgan fingerprint density at radius 2 is 2.05 bits per heavy atom. The fourth-order valence-electron chi connectivity index (χ4n) is 2.19. The second-order valence-corrected chi connectivity index (χ2v) is 6.40. The van der Waals surface area contributed by atoms with E-state index in [-0.39, 0.29) is 11.5 Å². The Hall–Kier alpha value is -2.50. The number of aromatic nitrogens is 2. The molecule has 0 bridgehead atoms. The minimum atomic E-state index is -0.456. The SMILES string of the molecule is C[C@@H](Nc1ccc2oc(=O)[nH]c2c1)c1ncc(C(C)(C)C)o1. The molecule has 0 radical (unpaired) electrons. The highest BCUT2D eigenvalue weighted by Crippen LogP contribution is 2.27. The zero-order valence-corrected chi connectivity index (χ0v) is 13.1. The first-order chi connectivity index (χ1) is 10.3. The van der Waals surface area contributed by atoms with Gasteiger partial charge in [-0.25, -0.2) is 9.78 Å². The van der Waals surface area contributed by atoms with Gasteiger partial charge < -0.3 is 14.2 Å². The Labute approximate surface area is 127 Å². The number of fused-ring (bicyclic) bond motifs is 1. The molecule has 22 heavy (non-hydrogen) atoms. The molecule has 0 fully saturated rings. The number of aromatic amines is 1. The Balaban J connectivity index is 1.81. The van der Waals surface area contributed by atoms with E-state index in [2.05, 4.69) is 36.1 Å². The summed E-state index contributed by atoms with van der Waals surface area (Å²) < 4.78 is 10.8. The topological polar surface area (TPSA) is 84.1 Å². The smallest absolute Gasteiger partial charge is 0.417 e. The van der Waals surface area contributed by atoms with Gasteiger partial charge in [0.15, 0.2) is 5.58 Å². The van der Waals surface area contributed by atoms with Crippen molar-refractivity contribution in [1.82, 2.24) is 9.97 Å². The molecular formula is C16H19N3O3. The third kappa shape index (κ3) is 2.77. The maximum atomic E-state index is 11.2. The van der Waals surface area contributed by atoms with Crippen LogP contribution in [0.1, 0.15) is 45.4 Å². The van der Waals surface area contributed by atoms with Gasteiger partial charge in [0.1, 0.15) is 11.8 Å². The lowest BCUT2D eigenvalue weighted by Gasteiger charge is -2.15. The summed E-state index contributed by atoms with van der Waals surface area (Å²) >= 11 is 0. The Morgan fingerprint density at radius 3 is 2.73 bits per heavy atom. The van der Waals surface area contributed by atoms with Gasteiger partial charge in [0.05, 0.1) is 11.7 Å². The third-order valence-electron chi connectivity index (χ3n) is 3.44. The van der Waals surface area contributed by atoms with E-state index >= 15 is 0 Å². The molecular weight excluding hydrogens is 282 g/mol. The number of hydrogen-bond acceptors (Lipinski definition) is 5. The highest BCUT2D eigenvalue weighted by Gasteiger charge is 2.21. The molecule has 2 N–H and O–H groups in total. The van der Waals surface area contributed by atoms with Crippen LogP contribution in [0.4, 0.5) is 5.69 Å². The van der Waals surface area contributed by atoms with Gasteiger partial charge in [0.2, 0.25) is 5.89 Å². The fraction of sp³-hybridized carbons (Fsp3) is 0.375. The summed E-state index contributed by atoms with van der Waals surface area (Å²) in [5.74, 6) is 1.03. The molecule has 0 saturated heterocycles. The molecule has 2 heterocycles. The van der Waals surface area contributed by atoms with E-state index in [1.165, 1.54) is 0 Å².